The summed E-state index contributed by atoms with van der Waals surface area (Å²) in [4.78, 5) is 0. The molecule has 0 unspecified atom stereocenters. The van der Waals surface area contributed by atoms with Crippen LogP contribution in [0.3, 0.4) is 0 Å². The highest BCUT2D eigenvalue weighted by Gasteiger charge is 2.17. The lowest BCUT2D eigenvalue weighted by atomic mass is 9.93. The SMILES string of the molecule is Brc1cc(-c2ccc3c4ccccc4n(-c4ccccc4)c3c2)cc(-c2c3ccccc3cc3c2sc2ccccc23)c1. The molecular formula is C40H24BrNS. The lowest BCUT2D eigenvalue weighted by Gasteiger charge is -2.13. The lowest BCUT2D eigenvalue weighted by molar-refractivity contribution is 1.18. The van der Waals surface area contributed by atoms with Crippen LogP contribution >= 0.6 is 27.3 Å². The van der Waals surface area contributed by atoms with Crippen LogP contribution in [0.2, 0.25) is 0 Å². The van der Waals surface area contributed by atoms with Gasteiger partial charge in [0.1, 0.15) is 0 Å². The topological polar surface area (TPSA) is 4.93 Å². The molecule has 0 radical (unpaired) electrons. The molecule has 0 amide bonds. The van der Waals surface area contributed by atoms with E-state index in [0.717, 1.165) is 4.47 Å². The van der Waals surface area contributed by atoms with Gasteiger partial charge in [-0.05, 0) is 82.1 Å². The molecule has 2 aromatic heterocycles. The molecule has 0 atom stereocenters. The molecule has 0 aliphatic carbocycles. The third-order valence-electron chi connectivity index (χ3n) is 8.60. The number of aromatic nitrogens is 1. The average molecular weight is 631 g/mol. The molecular weight excluding hydrogens is 606 g/mol. The van der Waals surface area contributed by atoms with Gasteiger partial charge < -0.3 is 4.57 Å². The minimum Gasteiger partial charge on any atom is -0.309 e. The third-order valence-corrected chi connectivity index (χ3v) is 10.3. The molecule has 9 rings (SSSR count). The normalized spacial score (nSPS) is 11.8. The van der Waals surface area contributed by atoms with Crippen molar-refractivity contribution in [3.8, 4) is 27.9 Å². The second-order valence-electron chi connectivity index (χ2n) is 11.1. The predicted octanol–water partition coefficient (Wildman–Crippen LogP) is 12.4. The quantitative estimate of drug-likeness (QED) is 0.183. The zero-order chi connectivity index (χ0) is 28.5. The van der Waals surface area contributed by atoms with Gasteiger partial charge in [0.15, 0.2) is 0 Å². The minimum absolute atomic E-state index is 1.07. The maximum Gasteiger partial charge on any atom is 0.0547 e. The summed E-state index contributed by atoms with van der Waals surface area (Å²) in [5.74, 6) is 0. The first-order chi connectivity index (χ1) is 21.2. The van der Waals surface area contributed by atoms with Crippen LogP contribution in [0.15, 0.2) is 150 Å². The molecule has 0 spiro atoms. The highest BCUT2D eigenvalue weighted by atomic mass is 79.9. The number of fused-ring (bicyclic) bond motifs is 7. The number of thiophene rings is 1. The predicted molar refractivity (Wildman–Crippen MR) is 190 cm³/mol. The summed E-state index contributed by atoms with van der Waals surface area (Å²) in [6.45, 7) is 0. The zero-order valence-corrected chi connectivity index (χ0v) is 25.5. The summed E-state index contributed by atoms with van der Waals surface area (Å²) in [5.41, 5.74) is 8.52. The molecule has 0 bridgehead atoms. The smallest absolute Gasteiger partial charge is 0.0547 e. The van der Waals surface area contributed by atoms with E-state index in [1.165, 1.54) is 80.7 Å². The van der Waals surface area contributed by atoms with E-state index >= 15 is 0 Å². The van der Waals surface area contributed by atoms with Crippen LogP contribution in [0.25, 0.3) is 80.7 Å². The Morgan fingerprint density at radius 2 is 1.16 bits per heavy atom. The Morgan fingerprint density at radius 3 is 2.05 bits per heavy atom. The molecule has 0 saturated carbocycles. The maximum absolute atomic E-state index is 3.90. The molecule has 43 heavy (non-hydrogen) atoms. The number of benzene rings is 7. The molecule has 0 N–H and O–H groups in total. The highest BCUT2D eigenvalue weighted by molar-refractivity contribution is 9.10. The van der Waals surface area contributed by atoms with Crippen molar-refractivity contribution in [1.82, 2.24) is 4.57 Å². The second kappa shape index (κ2) is 9.67. The largest absolute Gasteiger partial charge is 0.309 e. The summed E-state index contributed by atoms with van der Waals surface area (Å²) in [6.07, 6.45) is 0. The van der Waals surface area contributed by atoms with Gasteiger partial charge in [-0.25, -0.2) is 0 Å². The maximum atomic E-state index is 3.90. The molecule has 7 aromatic carbocycles. The first-order valence-corrected chi connectivity index (χ1v) is 16.1. The van der Waals surface area contributed by atoms with Crippen LogP contribution in [-0.2, 0) is 0 Å². The van der Waals surface area contributed by atoms with E-state index in [4.69, 9.17) is 0 Å². The van der Waals surface area contributed by atoms with Crippen molar-refractivity contribution in [1.29, 1.82) is 0 Å². The van der Waals surface area contributed by atoms with Gasteiger partial charge in [0.05, 0.1) is 11.0 Å². The number of para-hydroxylation sites is 2. The van der Waals surface area contributed by atoms with E-state index < -0.39 is 0 Å². The van der Waals surface area contributed by atoms with Crippen LogP contribution in [0.4, 0.5) is 0 Å². The van der Waals surface area contributed by atoms with Gasteiger partial charge in [0.2, 0.25) is 0 Å². The average Bonchev–Trinajstić information content (AvgIpc) is 3.59. The van der Waals surface area contributed by atoms with Gasteiger partial charge >= 0.3 is 0 Å². The van der Waals surface area contributed by atoms with Gasteiger partial charge in [0.25, 0.3) is 0 Å². The molecule has 9 aromatic rings. The van der Waals surface area contributed by atoms with Gasteiger partial charge in [-0.3, -0.25) is 0 Å². The number of nitrogens with zero attached hydrogens (tertiary/aromatic N) is 1. The summed E-state index contributed by atoms with van der Waals surface area (Å²) < 4.78 is 6.12. The molecule has 0 saturated heterocycles. The Labute approximate surface area is 261 Å². The fraction of sp³-hybridized carbons (Fsp3) is 0. The van der Waals surface area contributed by atoms with E-state index in [0.29, 0.717) is 0 Å². The summed E-state index contributed by atoms with van der Waals surface area (Å²) in [7, 11) is 0. The van der Waals surface area contributed by atoms with Crippen LogP contribution < -0.4 is 0 Å². The molecule has 0 fully saturated rings. The van der Waals surface area contributed by atoms with E-state index in [-0.39, 0.29) is 0 Å². The molecule has 1 nitrogen and oxygen atoms in total. The summed E-state index contributed by atoms with van der Waals surface area (Å²) in [5, 5.41) is 7.73. The summed E-state index contributed by atoms with van der Waals surface area (Å²) in [6, 6.07) is 53.1. The Hall–Kier alpha value is -4.70. The van der Waals surface area contributed by atoms with Crippen LogP contribution in [0.1, 0.15) is 0 Å². The Morgan fingerprint density at radius 1 is 0.465 bits per heavy atom. The fourth-order valence-electron chi connectivity index (χ4n) is 6.72. The lowest BCUT2D eigenvalue weighted by Crippen LogP contribution is -1.93. The van der Waals surface area contributed by atoms with Crippen LogP contribution in [-0.4, -0.2) is 4.57 Å². The van der Waals surface area contributed by atoms with Crippen molar-refractivity contribution in [2.24, 2.45) is 0 Å². The van der Waals surface area contributed by atoms with E-state index in [9.17, 15) is 0 Å². The number of hydrogen-bond acceptors (Lipinski definition) is 1. The van der Waals surface area contributed by atoms with Gasteiger partial charge in [0, 0.05) is 46.7 Å². The van der Waals surface area contributed by atoms with Crippen molar-refractivity contribution in [3.05, 3.63) is 150 Å². The molecule has 0 aliphatic heterocycles. The van der Waals surface area contributed by atoms with Crippen LogP contribution in [0.5, 0.6) is 0 Å². The minimum atomic E-state index is 1.07. The van der Waals surface area contributed by atoms with E-state index in [1.54, 1.807) is 0 Å². The fourth-order valence-corrected chi connectivity index (χ4v) is 8.47. The van der Waals surface area contributed by atoms with Crippen molar-refractivity contribution in [2.45, 2.75) is 0 Å². The Bertz CT molecular complexity index is 2520. The molecule has 0 aliphatic rings. The summed E-state index contributed by atoms with van der Waals surface area (Å²) >= 11 is 5.79. The van der Waals surface area contributed by atoms with Gasteiger partial charge in [-0.1, -0.05) is 107 Å². The highest BCUT2D eigenvalue weighted by Crippen LogP contribution is 2.45. The van der Waals surface area contributed by atoms with Crippen molar-refractivity contribution < 1.29 is 0 Å². The zero-order valence-electron chi connectivity index (χ0n) is 23.1. The Balaban J connectivity index is 1.31. The van der Waals surface area contributed by atoms with Gasteiger partial charge in [-0.15, -0.1) is 11.3 Å². The number of rotatable bonds is 3. The van der Waals surface area contributed by atoms with Crippen molar-refractivity contribution >= 4 is 80.0 Å². The monoisotopic (exact) mass is 629 g/mol. The Kier molecular flexibility index (Phi) is 5.59. The van der Waals surface area contributed by atoms with Gasteiger partial charge in [-0.2, -0.15) is 0 Å². The number of halogens is 1. The first-order valence-electron chi connectivity index (χ1n) is 14.5. The third kappa shape index (κ3) is 3.89. The van der Waals surface area contributed by atoms with Crippen molar-refractivity contribution in [3.63, 3.8) is 0 Å². The van der Waals surface area contributed by atoms with Crippen molar-refractivity contribution in [2.75, 3.05) is 0 Å². The molecule has 2 heterocycles. The molecule has 3 heteroatoms. The molecule has 202 valence electrons. The van der Waals surface area contributed by atoms with E-state index in [1.807, 2.05) is 11.3 Å². The van der Waals surface area contributed by atoms with Crippen LogP contribution in [0, 0.1) is 0 Å². The standard InChI is InChI=1S/C40H24BrNS/c41-29-21-27(25-18-19-33-32-14-6-8-16-36(32)42(37(33)24-25)30-11-2-1-3-12-30)20-28(22-29)39-31-13-5-4-10-26(31)23-35-34-15-7-9-17-38(34)43-40(35)39/h1-24H. The first kappa shape index (κ1) is 24.9. The number of hydrogen-bond donors (Lipinski definition) is 0. The van der Waals surface area contributed by atoms with E-state index in [2.05, 4.69) is 166 Å². The second-order valence-corrected chi connectivity index (χ2v) is 13.1.